The van der Waals surface area contributed by atoms with Crippen molar-refractivity contribution in [2.75, 3.05) is 27.2 Å². The Balaban J connectivity index is 1.79. The molecule has 0 radical (unpaired) electrons. The van der Waals surface area contributed by atoms with Gasteiger partial charge in [0.05, 0.1) is 15.6 Å². The van der Waals surface area contributed by atoms with Crippen LogP contribution in [0, 0.1) is 0 Å². The van der Waals surface area contributed by atoms with E-state index in [0.29, 0.717) is 40.3 Å². The SMILES string of the molecule is CN(C)CCOc1cc(Cl)c(Cl)cc1Oc1ncccc1C(=O)/C=C/C=C/c1ccccc1. The molecule has 170 valence electrons. The van der Waals surface area contributed by atoms with Crippen molar-refractivity contribution in [2.45, 2.75) is 0 Å². The monoisotopic (exact) mass is 482 g/mol. The zero-order valence-electron chi connectivity index (χ0n) is 18.4. The summed E-state index contributed by atoms with van der Waals surface area (Å²) in [5, 5.41) is 0.649. The Hall–Kier alpha value is -3.12. The maximum Gasteiger partial charge on any atom is 0.230 e. The summed E-state index contributed by atoms with van der Waals surface area (Å²) in [6, 6.07) is 16.3. The number of pyridine rings is 1. The smallest absolute Gasteiger partial charge is 0.230 e. The summed E-state index contributed by atoms with van der Waals surface area (Å²) in [6.45, 7) is 1.13. The van der Waals surface area contributed by atoms with E-state index in [2.05, 4.69) is 4.98 Å². The van der Waals surface area contributed by atoms with Crippen molar-refractivity contribution in [3.05, 3.63) is 100 Å². The number of nitrogens with zero attached hydrogens (tertiary/aromatic N) is 2. The molecule has 0 saturated carbocycles. The maximum absolute atomic E-state index is 12.8. The number of hydrogen-bond donors (Lipinski definition) is 0. The first-order valence-corrected chi connectivity index (χ1v) is 11.0. The first-order chi connectivity index (χ1) is 15.9. The third-order valence-electron chi connectivity index (χ3n) is 4.47. The molecule has 0 atom stereocenters. The molecule has 3 rings (SSSR count). The first kappa shape index (κ1) is 24.5. The average molecular weight is 483 g/mol. The highest BCUT2D eigenvalue weighted by atomic mass is 35.5. The largest absolute Gasteiger partial charge is 0.488 e. The predicted molar refractivity (Wildman–Crippen MR) is 134 cm³/mol. The molecule has 0 amide bonds. The van der Waals surface area contributed by atoms with Crippen molar-refractivity contribution >= 4 is 35.1 Å². The van der Waals surface area contributed by atoms with Crippen LogP contribution in [0.5, 0.6) is 17.4 Å². The van der Waals surface area contributed by atoms with Gasteiger partial charge in [-0.05, 0) is 37.9 Å². The molecule has 1 aromatic heterocycles. The van der Waals surface area contributed by atoms with E-state index in [-0.39, 0.29) is 11.7 Å². The van der Waals surface area contributed by atoms with Crippen LogP contribution in [0.15, 0.2) is 79.0 Å². The minimum Gasteiger partial charge on any atom is -0.488 e. The van der Waals surface area contributed by atoms with Gasteiger partial charge >= 0.3 is 0 Å². The number of ether oxygens (including phenoxy) is 2. The van der Waals surface area contributed by atoms with Crippen LogP contribution in [0.3, 0.4) is 0 Å². The normalized spacial score (nSPS) is 11.4. The molecule has 0 aliphatic carbocycles. The molecule has 0 saturated heterocycles. The summed E-state index contributed by atoms with van der Waals surface area (Å²) in [7, 11) is 3.90. The van der Waals surface area contributed by atoms with Gasteiger partial charge < -0.3 is 14.4 Å². The first-order valence-electron chi connectivity index (χ1n) is 10.3. The molecule has 0 aliphatic heterocycles. The standard InChI is InChI=1S/C26H24Cl2N2O3/c1-30(2)15-16-32-24-17-21(27)22(28)18-25(24)33-26-20(12-8-14-29-26)23(31)13-7-6-11-19-9-4-3-5-10-19/h3-14,17-18H,15-16H2,1-2H3/b11-6+,13-7+. The van der Waals surface area contributed by atoms with Crippen LogP contribution in [-0.2, 0) is 0 Å². The number of benzene rings is 2. The van der Waals surface area contributed by atoms with Gasteiger partial charge in [-0.25, -0.2) is 4.98 Å². The summed E-state index contributed by atoms with van der Waals surface area (Å²) in [5.74, 6) is 0.640. The molecule has 2 aromatic carbocycles. The van der Waals surface area contributed by atoms with Gasteiger partial charge in [-0.1, -0.05) is 71.8 Å². The van der Waals surface area contributed by atoms with Gasteiger partial charge in [0.15, 0.2) is 17.3 Å². The van der Waals surface area contributed by atoms with E-state index in [1.54, 1.807) is 42.6 Å². The molecule has 5 nitrogen and oxygen atoms in total. The van der Waals surface area contributed by atoms with E-state index in [4.69, 9.17) is 32.7 Å². The fraction of sp³-hybridized carbons (Fsp3) is 0.154. The van der Waals surface area contributed by atoms with Crippen LogP contribution in [0.25, 0.3) is 6.08 Å². The van der Waals surface area contributed by atoms with Gasteiger partial charge in [0, 0.05) is 24.9 Å². The zero-order valence-corrected chi connectivity index (χ0v) is 19.9. The van der Waals surface area contributed by atoms with E-state index in [1.165, 1.54) is 6.08 Å². The van der Waals surface area contributed by atoms with Crippen LogP contribution in [0.4, 0.5) is 0 Å². The van der Waals surface area contributed by atoms with Crippen LogP contribution in [-0.4, -0.2) is 42.9 Å². The molecule has 0 bridgehead atoms. The van der Waals surface area contributed by atoms with Crippen molar-refractivity contribution in [1.82, 2.24) is 9.88 Å². The van der Waals surface area contributed by atoms with E-state index < -0.39 is 0 Å². The molecular formula is C26H24Cl2N2O3. The Kier molecular flexibility index (Phi) is 9.07. The lowest BCUT2D eigenvalue weighted by atomic mass is 10.1. The zero-order chi connectivity index (χ0) is 23.6. The molecule has 3 aromatic rings. The molecular weight excluding hydrogens is 459 g/mol. The number of carbonyl (C=O) groups excluding carboxylic acids is 1. The lowest BCUT2D eigenvalue weighted by Gasteiger charge is -2.16. The molecule has 0 spiro atoms. The molecule has 0 unspecified atom stereocenters. The minimum absolute atomic E-state index is 0.148. The summed E-state index contributed by atoms with van der Waals surface area (Å²) in [6.07, 6.45) is 8.42. The highest BCUT2D eigenvalue weighted by molar-refractivity contribution is 6.42. The number of aromatic nitrogens is 1. The van der Waals surface area contributed by atoms with Crippen LogP contribution in [0.1, 0.15) is 15.9 Å². The lowest BCUT2D eigenvalue weighted by Crippen LogP contribution is -2.19. The van der Waals surface area contributed by atoms with Gasteiger partial charge in [0.2, 0.25) is 5.88 Å². The Morgan fingerprint density at radius 3 is 2.45 bits per heavy atom. The van der Waals surface area contributed by atoms with Crippen molar-refractivity contribution in [3.63, 3.8) is 0 Å². The average Bonchev–Trinajstić information content (AvgIpc) is 2.80. The predicted octanol–water partition coefficient (Wildman–Crippen LogP) is 6.57. The summed E-state index contributed by atoms with van der Waals surface area (Å²) in [5.41, 5.74) is 1.36. The van der Waals surface area contributed by atoms with Crippen molar-refractivity contribution < 1.29 is 14.3 Å². The van der Waals surface area contributed by atoms with Gasteiger partial charge in [-0.15, -0.1) is 0 Å². The number of ketones is 1. The van der Waals surface area contributed by atoms with Crippen LogP contribution in [0.2, 0.25) is 10.0 Å². The number of allylic oxidation sites excluding steroid dienone is 3. The van der Waals surface area contributed by atoms with Crippen LogP contribution < -0.4 is 9.47 Å². The maximum atomic E-state index is 12.8. The lowest BCUT2D eigenvalue weighted by molar-refractivity contribution is 0.104. The van der Waals surface area contributed by atoms with Crippen molar-refractivity contribution in [3.8, 4) is 17.4 Å². The molecule has 0 fully saturated rings. The number of hydrogen-bond acceptors (Lipinski definition) is 5. The number of rotatable bonds is 10. The quantitative estimate of drug-likeness (QED) is 0.185. The number of likely N-dealkylation sites (N-methyl/N-ethyl adjacent to an activating group) is 1. The molecule has 0 N–H and O–H groups in total. The third kappa shape index (κ3) is 7.46. The Labute approximate surface area is 203 Å². The minimum atomic E-state index is -0.244. The fourth-order valence-corrected chi connectivity index (χ4v) is 3.08. The summed E-state index contributed by atoms with van der Waals surface area (Å²) >= 11 is 12.4. The Morgan fingerprint density at radius 2 is 1.73 bits per heavy atom. The molecule has 0 aliphatic rings. The van der Waals surface area contributed by atoms with Gasteiger partial charge in [0.25, 0.3) is 0 Å². The van der Waals surface area contributed by atoms with Gasteiger partial charge in [-0.3, -0.25) is 4.79 Å². The second kappa shape index (κ2) is 12.2. The van der Waals surface area contributed by atoms with E-state index >= 15 is 0 Å². The second-order valence-electron chi connectivity index (χ2n) is 7.32. The van der Waals surface area contributed by atoms with Crippen molar-refractivity contribution in [2.24, 2.45) is 0 Å². The van der Waals surface area contributed by atoms with Crippen molar-refractivity contribution in [1.29, 1.82) is 0 Å². The fourth-order valence-electron chi connectivity index (χ4n) is 2.77. The summed E-state index contributed by atoms with van der Waals surface area (Å²) in [4.78, 5) is 19.0. The van der Waals surface area contributed by atoms with Gasteiger partial charge in [-0.2, -0.15) is 0 Å². The Morgan fingerprint density at radius 1 is 1.00 bits per heavy atom. The van der Waals surface area contributed by atoms with E-state index in [9.17, 15) is 4.79 Å². The third-order valence-corrected chi connectivity index (χ3v) is 5.20. The van der Waals surface area contributed by atoms with E-state index in [1.807, 2.05) is 55.4 Å². The topological polar surface area (TPSA) is 51.7 Å². The molecule has 1 heterocycles. The highest BCUT2D eigenvalue weighted by Crippen LogP contribution is 2.38. The summed E-state index contributed by atoms with van der Waals surface area (Å²) < 4.78 is 11.8. The molecule has 7 heteroatoms. The number of carbonyl (C=O) groups is 1. The Bertz CT molecular complexity index is 1150. The van der Waals surface area contributed by atoms with Crippen LogP contribution >= 0.6 is 23.2 Å². The van der Waals surface area contributed by atoms with Gasteiger partial charge in [0.1, 0.15) is 6.61 Å². The molecule has 33 heavy (non-hydrogen) atoms. The number of halogens is 2. The van der Waals surface area contributed by atoms with E-state index in [0.717, 1.165) is 5.56 Å². The highest BCUT2D eigenvalue weighted by Gasteiger charge is 2.16. The second-order valence-corrected chi connectivity index (χ2v) is 8.13.